The fourth-order valence-electron chi connectivity index (χ4n) is 2.07. The van der Waals surface area contributed by atoms with Crippen molar-refractivity contribution in [3.63, 3.8) is 0 Å². The van der Waals surface area contributed by atoms with Gasteiger partial charge in [-0.2, -0.15) is 13.2 Å². The summed E-state index contributed by atoms with van der Waals surface area (Å²) in [6, 6.07) is 5.66. The molecule has 1 atom stereocenters. The minimum Gasteiger partial charge on any atom is -0.382 e. The molecule has 1 nitrogen and oxygen atoms in total. The summed E-state index contributed by atoms with van der Waals surface area (Å²) in [4.78, 5) is 0. The lowest BCUT2D eigenvalue weighted by Gasteiger charge is -2.18. The molecule has 18 heavy (non-hydrogen) atoms. The molecule has 0 radical (unpaired) electrons. The third kappa shape index (κ3) is 3.65. The van der Waals surface area contributed by atoms with Gasteiger partial charge in [-0.1, -0.05) is 19.8 Å². The average molecular weight is 257 g/mol. The Bertz CT molecular complexity index is 379. The van der Waals surface area contributed by atoms with Crippen LogP contribution in [0.15, 0.2) is 24.3 Å². The zero-order valence-corrected chi connectivity index (χ0v) is 10.4. The molecule has 1 aromatic rings. The molecule has 0 aliphatic heterocycles. The van der Waals surface area contributed by atoms with E-state index in [1.807, 2.05) is 0 Å². The van der Waals surface area contributed by atoms with Crippen LogP contribution < -0.4 is 5.32 Å². The first kappa shape index (κ1) is 13.2. The molecule has 0 heterocycles. The number of anilines is 1. The largest absolute Gasteiger partial charge is 0.416 e. The summed E-state index contributed by atoms with van der Waals surface area (Å²) < 4.78 is 37.2. The molecule has 4 heteroatoms. The summed E-state index contributed by atoms with van der Waals surface area (Å²) in [7, 11) is 0. The zero-order valence-electron chi connectivity index (χ0n) is 10.4. The smallest absolute Gasteiger partial charge is 0.382 e. The summed E-state index contributed by atoms with van der Waals surface area (Å²) >= 11 is 0. The highest BCUT2D eigenvalue weighted by Crippen LogP contribution is 2.35. The fraction of sp³-hybridized carbons (Fsp3) is 0.571. The molecule has 0 spiro atoms. The summed E-state index contributed by atoms with van der Waals surface area (Å²) in [5.74, 6) is 0.817. The van der Waals surface area contributed by atoms with Crippen molar-refractivity contribution in [3.8, 4) is 0 Å². The van der Waals surface area contributed by atoms with Crippen LogP contribution in [0.1, 0.15) is 38.2 Å². The Morgan fingerprint density at radius 2 is 1.83 bits per heavy atom. The monoisotopic (exact) mass is 257 g/mol. The predicted octanol–water partition coefficient (Wildman–Crippen LogP) is 4.70. The van der Waals surface area contributed by atoms with Gasteiger partial charge in [0.15, 0.2) is 0 Å². The van der Waals surface area contributed by atoms with E-state index in [1.54, 1.807) is 0 Å². The van der Waals surface area contributed by atoms with Crippen LogP contribution in [0.3, 0.4) is 0 Å². The SMILES string of the molecule is CCC(CC1CC1)Nc1ccc(C(F)(F)F)cc1. The van der Waals surface area contributed by atoms with Crippen molar-refractivity contribution in [1.29, 1.82) is 0 Å². The number of halogens is 3. The maximum atomic E-state index is 12.4. The normalized spacial score (nSPS) is 17.6. The minimum absolute atomic E-state index is 0.370. The molecule has 0 aromatic heterocycles. The van der Waals surface area contributed by atoms with Gasteiger partial charge in [0.25, 0.3) is 0 Å². The summed E-state index contributed by atoms with van der Waals surface area (Å²) in [6.07, 6.45) is 0.460. The van der Waals surface area contributed by atoms with Gasteiger partial charge in [-0.15, -0.1) is 0 Å². The maximum absolute atomic E-state index is 12.4. The second kappa shape index (κ2) is 5.21. The molecule has 1 aliphatic carbocycles. The predicted molar refractivity (Wildman–Crippen MR) is 66.5 cm³/mol. The molecule has 1 saturated carbocycles. The van der Waals surface area contributed by atoms with Crippen molar-refractivity contribution in [2.45, 2.75) is 44.8 Å². The maximum Gasteiger partial charge on any atom is 0.416 e. The third-order valence-corrected chi connectivity index (χ3v) is 3.39. The van der Waals surface area contributed by atoms with Crippen molar-refractivity contribution in [2.75, 3.05) is 5.32 Å². The van der Waals surface area contributed by atoms with E-state index in [2.05, 4.69) is 12.2 Å². The first-order valence-corrected chi connectivity index (χ1v) is 6.43. The molecule has 1 N–H and O–H groups in total. The van der Waals surface area contributed by atoms with Crippen LogP contribution in [0.4, 0.5) is 18.9 Å². The van der Waals surface area contributed by atoms with Crippen molar-refractivity contribution in [3.05, 3.63) is 29.8 Å². The first-order valence-electron chi connectivity index (χ1n) is 6.43. The van der Waals surface area contributed by atoms with E-state index in [0.29, 0.717) is 6.04 Å². The molecule has 100 valence electrons. The van der Waals surface area contributed by atoms with Crippen LogP contribution in [0, 0.1) is 5.92 Å². The van der Waals surface area contributed by atoms with Crippen LogP contribution in [0.5, 0.6) is 0 Å². The Hall–Kier alpha value is -1.19. The molecule has 0 amide bonds. The molecule has 2 rings (SSSR count). The van der Waals surface area contributed by atoms with Gasteiger partial charge in [0.2, 0.25) is 0 Å². The number of rotatable bonds is 5. The summed E-state index contributed by atoms with van der Waals surface area (Å²) in [5, 5.41) is 3.31. The number of alkyl halides is 3. The molecule has 1 fully saturated rings. The highest BCUT2D eigenvalue weighted by Gasteiger charge is 2.30. The molecule has 1 unspecified atom stereocenters. The van der Waals surface area contributed by atoms with Crippen LogP contribution in [0.2, 0.25) is 0 Å². The molecular formula is C14H18F3N. The number of hydrogen-bond donors (Lipinski definition) is 1. The van der Waals surface area contributed by atoms with Gasteiger partial charge in [-0.25, -0.2) is 0 Å². The lowest BCUT2D eigenvalue weighted by Crippen LogP contribution is -2.19. The lowest BCUT2D eigenvalue weighted by atomic mass is 10.1. The Balaban J connectivity index is 1.95. The number of benzene rings is 1. The van der Waals surface area contributed by atoms with E-state index in [-0.39, 0.29) is 0 Å². The van der Waals surface area contributed by atoms with E-state index in [0.717, 1.165) is 36.6 Å². The second-order valence-electron chi connectivity index (χ2n) is 5.00. The lowest BCUT2D eigenvalue weighted by molar-refractivity contribution is -0.137. The van der Waals surface area contributed by atoms with Crippen molar-refractivity contribution >= 4 is 5.69 Å². The molecule has 1 aliphatic rings. The van der Waals surface area contributed by atoms with Gasteiger partial charge < -0.3 is 5.32 Å². The highest BCUT2D eigenvalue weighted by molar-refractivity contribution is 5.46. The standard InChI is InChI=1S/C14H18F3N/c1-2-12(9-10-3-4-10)18-13-7-5-11(6-8-13)14(15,16)17/h5-8,10,12,18H,2-4,9H2,1H3. The van der Waals surface area contributed by atoms with Gasteiger partial charge in [0, 0.05) is 11.7 Å². The van der Waals surface area contributed by atoms with Gasteiger partial charge in [-0.3, -0.25) is 0 Å². The minimum atomic E-state index is -4.25. The highest BCUT2D eigenvalue weighted by atomic mass is 19.4. The molecule has 0 saturated heterocycles. The Labute approximate surface area is 105 Å². The van der Waals surface area contributed by atoms with Gasteiger partial charge >= 0.3 is 6.18 Å². The van der Waals surface area contributed by atoms with E-state index in [1.165, 1.54) is 25.0 Å². The summed E-state index contributed by atoms with van der Waals surface area (Å²) in [5.41, 5.74) is 0.179. The first-order chi connectivity index (χ1) is 8.49. The van der Waals surface area contributed by atoms with Crippen molar-refractivity contribution in [1.82, 2.24) is 0 Å². The molecule has 1 aromatic carbocycles. The van der Waals surface area contributed by atoms with E-state index >= 15 is 0 Å². The number of nitrogens with one attached hydrogen (secondary N) is 1. The Morgan fingerprint density at radius 3 is 2.28 bits per heavy atom. The average Bonchev–Trinajstić information content (AvgIpc) is 3.11. The number of hydrogen-bond acceptors (Lipinski definition) is 1. The topological polar surface area (TPSA) is 12.0 Å². The third-order valence-electron chi connectivity index (χ3n) is 3.39. The van der Waals surface area contributed by atoms with Crippen LogP contribution >= 0.6 is 0 Å². The van der Waals surface area contributed by atoms with Crippen molar-refractivity contribution in [2.24, 2.45) is 5.92 Å². The van der Waals surface area contributed by atoms with Crippen LogP contribution in [0.25, 0.3) is 0 Å². The molecule has 0 bridgehead atoms. The quantitative estimate of drug-likeness (QED) is 0.806. The van der Waals surface area contributed by atoms with Crippen molar-refractivity contribution < 1.29 is 13.2 Å². The van der Waals surface area contributed by atoms with Crippen LogP contribution in [-0.2, 0) is 6.18 Å². The zero-order chi connectivity index (χ0) is 13.2. The van der Waals surface area contributed by atoms with Gasteiger partial charge in [0.1, 0.15) is 0 Å². The Kier molecular flexibility index (Phi) is 3.83. The van der Waals surface area contributed by atoms with E-state index in [4.69, 9.17) is 0 Å². The van der Waals surface area contributed by atoms with E-state index in [9.17, 15) is 13.2 Å². The van der Waals surface area contributed by atoms with Gasteiger partial charge in [-0.05, 0) is 43.0 Å². The summed E-state index contributed by atoms with van der Waals surface area (Å²) in [6.45, 7) is 2.10. The van der Waals surface area contributed by atoms with E-state index < -0.39 is 11.7 Å². The Morgan fingerprint density at radius 1 is 1.22 bits per heavy atom. The van der Waals surface area contributed by atoms with Gasteiger partial charge in [0.05, 0.1) is 5.56 Å². The van der Waals surface area contributed by atoms with Crippen LogP contribution in [-0.4, -0.2) is 6.04 Å². The molecular weight excluding hydrogens is 239 g/mol. The second-order valence-corrected chi connectivity index (χ2v) is 5.00. The fourth-order valence-corrected chi connectivity index (χ4v) is 2.07.